The Hall–Kier alpha value is -3.45. The van der Waals surface area contributed by atoms with Crippen molar-refractivity contribution in [1.82, 2.24) is 15.1 Å². The van der Waals surface area contributed by atoms with Gasteiger partial charge < -0.3 is 20.2 Å². The van der Waals surface area contributed by atoms with Crippen LogP contribution in [0, 0.1) is 0 Å². The van der Waals surface area contributed by atoms with Crippen molar-refractivity contribution in [3.8, 4) is 0 Å². The van der Waals surface area contributed by atoms with E-state index in [1.165, 1.54) is 9.80 Å². The minimum atomic E-state index is -1.08. The highest BCUT2D eigenvalue weighted by Crippen LogP contribution is 2.15. The molecule has 0 aromatic heterocycles. The van der Waals surface area contributed by atoms with Crippen molar-refractivity contribution in [3.63, 3.8) is 0 Å². The molecule has 1 heterocycles. The van der Waals surface area contributed by atoms with Gasteiger partial charge in [0.05, 0.1) is 6.61 Å². The summed E-state index contributed by atoms with van der Waals surface area (Å²) >= 11 is 0. The number of rotatable bonds is 7. The second-order valence-electron chi connectivity index (χ2n) is 7.78. The van der Waals surface area contributed by atoms with Crippen LogP contribution < -0.4 is 5.32 Å². The number of carbonyl (C=O) groups excluding carboxylic acids is 3. The van der Waals surface area contributed by atoms with Crippen molar-refractivity contribution in [1.29, 1.82) is 0 Å². The van der Waals surface area contributed by atoms with Gasteiger partial charge in [0, 0.05) is 32.5 Å². The summed E-state index contributed by atoms with van der Waals surface area (Å²) in [4.78, 5) is 42.5. The average molecular weight is 436 g/mol. The van der Waals surface area contributed by atoms with E-state index >= 15 is 0 Å². The first-order valence-electron chi connectivity index (χ1n) is 10.7. The Morgan fingerprint density at radius 1 is 1.00 bits per heavy atom. The number of amides is 3. The maximum absolute atomic E-state index is 13.2. The summed E-state index contributed by atoms with van der Waals surface area (Å²) in [6, 6.07) is 16.9. The van der Waals surface area contributed by atoms with Crippen LogP contribution in [0.15, 0.2) is 73.3 Å². The summed E-state index contributed by atoms with van der Waals surface area (Å²) in [6.45, 7) is 3.89. The third-order valence-electron chi connectivity index (χ3n) is 5.52. The van der Waals surface area contributed by atoms with Gasteiger partial charge in [0.2, 0.25) is 17.7 Å². The predicted octanol–water partition coefficient (Wildman–Crippen LogP) is 1.52. The van der Waals surface area contributed by atoms with E-state index < -0.39 is 30.5 Å². The van der Waals surface area contributed by atoms with Crippen molar-refractivity contribution >= 4 is 17.7 Å². The van der Waals surface area contributed by atoms with Gasteiger partial charge in [-0.1, -0.05) is 66.7 Å². The molecule has 2 aromatic rings. The monoisotopic (exact) mass is 435 g/mol. The highest BCUT2D eigenvalue weighted by molar-refractivity contribution is 5.93. The molecule has 32 heavy (non-hydrogen) atoms. The third-order valence-corrected chi connectivity index (χ3v) is 5.52. The summed E-state index contributed by atoms with van der Waals surface area (Å²) in [5.41, 5.74) is 1.79. The molecule has 1 fully saturated rings. The second-order valence-corrected chi connectivity index (χ2v) is 7.78. The summed E-state index contributed by atoms with van der Waals surface area (Å²) in [7, 11) is 0. The highest BCUT2D eigenvalue weighted by atomic mass is 16.3. The Bertz CT molecular complexity index is 933. The Morgan fingerprint density at radius 2 is 1.62 bits per heavy atom. The standard InChI is InChI=1S/C25H29N3O4/c1-2-14-28-22(16-19-9-5-3-6-10-19)24(31)26-21(18-29)25(32)27(15-13-23(28)30)17-20-11-7-4-8-12-20/h2-12,21-22,29H,1,13-18H2,(H,26,31)/t21-,22-/m0/s1. The first-order valence-corrected chi connectivity index (χ1v) is 10.7. The number of nitrogens with zero attached hydrogens (tertiary/aromatic N) is 2. The van der Waals surface area contributed by atoms with E-state index in [1.54, 1.807) is 6.08 Å². The fourth-order valence-corrected chi connectivity index (χ4v) is 3.84. The van der Waals surface area contributed by atoms with Gasteiger partial charge >= 0.3 is 0 Å². The Labute approximate surface area is 188 Å². The molecule has 0 radical (unpaired) electrons. The van der Waals surface area contributed by atoms with Gasteiger partial charge in [-0.05, 0) is 11.1 Å². The molecule has 0 spiro atoms. The maximum atomic E-state index is 13.2. The van der Waals surface area contributed by atoms with Gasteiger partial charge in [-0.2, -0.15) is 0 Å². The van der Waals surface area contributed by atoms with Crippen LogP contribution in [0.2, 0.25) is 0 Å². The third kappa shape index (κ3) is 5.82. The first-order chi connectivity index (χ1) is 15.5. The molecule has 0 unspecified atom stereocenters. The summed E-state index contributed by atoms with van der Waals surface area (Å²) in [5, 5.41) is 12.6. The van der Waals surface area contributed by atoms with Gasteiger partial charge in [-0.25, -0.2) is 0 Å². The first kappa shape index (κ1) is 23.2. The minimum Gasteiger partial charge on any atom is -0.394 e. The van der Waals surface area contributed by atoms with Crippen LogP contribution in [0.4, 0.5) is 0 Å². The van der Waals surface area contributed by atoms with E-state index in [1.807, 2.05) is 60.7 Å². The van der Waals surface area contributed by atoms with E-state index in [4.69, 9.17) is 0 Å². The van der Waals surface area contributed by atoms with Gasteiger partial charge in [-0.15, -0.1) is 6.58 Å². The van der Waals surface area contributed by atoms with Crippen molar-refractivity contribution in [2.75, 3.05) is 19.7 Å². The number of aliphatic hydroxyl groups is 1. The van der Waals surface area contributed by atoms with E-state index in [9.17, 15) is 19.5 Å². The van der Waals surface area contributed by atoms with Crippen LogP contribution in [0.1, 0.15) is 17.5 Å². The largest absolute Gasteiger partial charge is 0.394 e. The smallest absolute Gasteiger partial charge is 0.247 e. The van der Waals surface area contributed by atoms with Crippen LogP contribution >= 0.6 is 0 Å². The molecule has 3 rings (SSSR count). The van der Waals surface area contributed by atoms with Crippen molar-refractivity contribution in [2.24, 2.45) is 0 Å². The van der Waals surface area contributed by atoms with Crippen LogP contribution in [0.25, 0.3) is 0 Å². The molecule has 0 bridgehead atoms. The Morgan fingerprint density at radius 3 is 2.22 bits per heavy atom. The SMILES string of the molecule is C=CCN1C(=O)CCN(Cc2ccccc2)C(=O)[C@H](CO)NC(=O)[C@@H]1Cc1ccccc1. The molecule has 1 aliphatic rings. The van der Waals surface area contributed by atoms with E-state index in [-0.39, 0.29) is 32.0 Å². The summed E-state index contributed by atoms with van der Waals surface area (Å²) < 4.78 is 0. The van der Waals surface area contributed by atoms with E-state index in [0.717, 1.165) is 11.1 Å². The number of hydrogen-bond acceptors (Lipinski definition) is 4. The van der Waals surface area contributed by atoms with Gasteiger partial charge in [-0.3, -0.25) is 14.4 Å². The Kier molecular flexibility index (Phi) is 8.16. The minimum absolute atomic E-state index is 0.0726. The number of benzene rings is 2. The molecule has 0 aliphatic carbocycles. The average Bonchev–Trinajstić information content (AvgIpc) is 2.82. The lowest BCUT2D eigenvalue weighted by molar-refractivity contribution is -0.146. The molecule has 2 N–H and O–H groups in total. The fraction of sp³-hybridized carbons (Fsp3) is 0.320. The zero-order valence-electron chi connectivity index (χ0n) is 18.0. The molecule has 3 amide bonds. The van der Waals surface area contributed by atoms with Crippen LogP contribution in [0.3, 0.4) is 0 Å². The quantitative estimate of drug-likeness (QED) is 0.646. The van der Waals surface area contributed by atoms with E-state index in [2.05, 4.69) is 11.9 Å². The number of carbonyl (C=O) groups is 3. The second kappa shape index (κ2) is 11.2. The van der Waals surface area contributed by atoms with E-state index in [0.29, 0.717) is 6.42 Å². The molecule has 7 nitrogen and oxygen atoms in total. The van der Waals surface area contributed by atoms with Crippen LogP contribution in [-0.2, 0) is 27.3 Å². The van der Waals surface area contributed by atoms with Crippen molar-refractivity contribution in [3.05, 3.63) is 84.4 Å². The molecule has 7 heteroatoms. The van der Waals surface area contributed by atoms with Gasteiger partial charge in [0.15, 0.2) is 0 Å². The topological polar surface area (TPSA) is 90.0 Å². The molecule has 0 saturated carbocycles. The molecule has 1 aliphatic heterocycles. The zero-order chi connectivity index (χ0) is 22.9. The van der Waals surface area contributed by atoms with Crippen molar-refractivity contribution in [2.45, 2.75) is 31.5 Å². The number of hydrogen-bond donors (Lipinski definition) is 2. The zero-order valence-corrected chi connectivity index (χ0v) is 18.0. The van der Waals surface area contributed by atoms with Gasteiger partial charge in [0.1, 0.15) is 12.1 Å². The van der Waals surface area contributed by atoms with Crippen LogP contribution in [-0.4, -0.2) is 64.4 Å². The molecule has 168 valence electrons. The lowest BCUT2D eigenvalue weighted by atomic mass is 10.0. The van der Waals surface area contributed by atoms with Crippen LogP contribution in [0.5, 0.6) is 0 Å². The highest BCUT2D eigenvalue weighted by Gasteiger charge is 2.35. The summed E-state index contributed by atoms with van der Waals surface area (Å²) in [5.74, 6) is -1.11. The molecular weight excluding hydrogens is 406 g/mol. The summed E-state index contributed by atoms with van der Waals surface area (Å²) in [6.07, 6.45) is 1.96. The molecule has 2 aromatic carbocycles. The fourth-order valence-electron chi connectivity index (χ4n) is 3.84. The molecular formula is C25H29N3O4. The normalized spacial score (nSPS) is 20.1. The maximum Gasteiger partial charge on any atom is 0.247 e. The Balaban J connectivity index is 1.89. The molecule has 2 atom stereocenters. The predicted molar refractivity (Wildman–Crippen MR) is 121 cm³/mol. The number of nitrogens with one attached hydrogen (secondary N) is 1. The lowest BCUT2D eigenvalue weighted by Crippen LogP contribution is -2.59. The molecule has 1 saturated heterocycles. The number of aliphatic hydroxyl groups excluding tert-OH is 1. The van der Waals surface area contributed by atoms with Gasteiger partial charge in [0.25, 0.3) is 0 Å². The van der Waals surface area contributed by atoms with Crippen molar-refractivity contribution < 1.29 is 19.5 Å². The lowest BCUT2D eigenvalue weighted by Gasteiger charge is -2.35.